The molecule has 0 aromatic rings. The summed E-state index contributed by atoms with van der Waals surface area (Å²) >= 11 is 0. The first-order valence-corrected chi connectivity index (χ1v) is 10.8. The Balaban J connectivity index is 3.01. The second-order valence-corrected chi connectivity index (χ2v) is 6.02. The van der Waals surface area contributed by atoms with E-state index in [1.54, 1.807) is 7.05 Å². The quantitative estimate of drug-likeness (QED) is 0.130. The van der Waals surface area contributed by atoms with Crippen molar-refractivity contribution in [3.05, 3.63) is 0 Å². The monoisotopic (exact) mass is 454 g/mol. The lowest BCUT2D eigenvalue weighted by Crippen LogP contribution is -2.32. The molecular formula is C20H42N2O9. The Kier molecular flexibility index (Phi) is 26.4. The minimum absolute atomic E-state index is 0.0788. The van der Waals surface area contributed by atoms with Crippen molar-refractivity contribution in [2.45, 2.75) is 6.92 Å². The summed E-state index contributed by atoms with van der Waals surface area (Å²) in [5, 5.41) is 5.36. The molecule has 0 saturated carbocycles. The van der Waals surface area contributed by atoms with Gasteiger partial charge in [0.25, 0.3) is 0 Å². The third-order valence-corrected chi connectivity index (χ3v) is 3.58. The Morgan fingerprint density at radius 2 is 0.871 bits per heavy atom. The van der Waals surface area contributed by atoms with Gasteiger partial charge in [-0.05, 0) is 6.92 Å². The van der Waals surface area contributed by atoms with Gasteiger partial charge in [-0.25, -0.2) is 0 Å². The van der Waals surface area contributed by atoms with Gasteiger partial charge in [0.1, 0.15) is 0 Å². The molecule has 0 atom stereocenters. The van der Waals surface area contributed by atoms with Gasteiger partial charge in [0.15, 0.2) is 0 Å². The highest BCUT2D eigenvalue weighted by Gasteiger charge is 1.96. The van der Waals surface area contributed by atoms with Crippen molar-refractivity contribution in [2.24, 2.45) is 0 Å². The zero-order chi connectivity index (χ0) is 22.7. The standard InChI is InChI=1S/C20H42N2O9/c1-3-24-4-5-25-6-7-26-8-9-27-10-11-28-12-13-29-14-15-30-16-17-31-19-22-18-20(23)21-2/h22H,3-19H2,1-2H3,(H,21,23). The molecule has 186 valence electrons. The van der Waals surface area contributed by atoms with Gasteiger partial charge in [0.05, 0.1) is 106 Å². The van der Waals surface area contributed by atoms with Crippen LogP contribution in [-0.2, 0) is 42.7 Å². The maximum absolute atomic E-state index is 10.9. The fourth-order valence-corrected chi connectivity index (χ4v) is 1.98. The fourth-order valence-electron chi connectivity index (χ4n) is 1.98. The van der Waals surface area contributed by atoms with E-state index in [1.807, 2.05) is 6.92 Å². The maximum Gasteiger partial charge on any atom is 0.233 e. The molecule has 11 heteroatoms. The van der Waals surface area contributed by atoms with E-state index in [0.29, 0.717) is 106 Å². The highest BCUT2D eigenvalue weighted by Crippen LogP contribution is 1.85. The topological polar surface area (TPSA) is 115 Å². The average molecular weight is 455 g/mol. The van der Waals surface area contributed by atoms with Crippen molar-refractivity contribution in [2.75, 3.05) is 119 Å². The number of carbonyl (C=O) groups is 1. The van der Waals surface area contributed by atoms with Crippen LogP contribution in [0.4, 0.5) is 0 Å². The predicted molar refractivity (Wildman–Crippen MR) is 114 cm³/mol. The lowest BCUT2D eigenvalue weighted by Gasteiger charge is -2.08. The number of amides is 1. The first-order valence-electron chi connectivity index (χ1n) is 10.8. The molecule has 0 aromatic carbocycles. The third-order valence-electron chi connectivity index (χ3n) is 3.58. The Morgan fingerprint density at radius 1 is 0.548 bits per heavy atom. The number of nitrogens with one attached hydrogen (secondary N) is 2. The lowest BCUT2D eigenvalue weighted by atomic mass is 10.6. The van der Waals surface area contributed by atoms with Gasteiger partial charge in [-0.1, -0.05) is 0 Å². The molecule has 0 bridgehead atoms. The van der Waals surface area contributed by atoms with Gasteiger partial charge in [-0.15, -0.1) is 0 Å². The van der Waals surface area contributed by atoms with Gasteiger partial charge in [-0.3, -0.25) is 10.1 Å². The van der Waals surface area contributed by atoms with Crippen molar-refractivity contribution < 1.29 is 42.7 Å². The van der Waals surface area contributed by atoms with Crippen LogP contribution in [0.3, 0.4) is 0 Å². The van der Waals surface area contributed by atoms with Crippen LogP contribution in [0.2, 0.25) is 0 Å². The molecule has 2 N–H and O–H groups in total. The molecule has 0 fully saturated rings. The van der Waals surface area contributed by atoms with Gasteiger partial charge < -0.3 is 43.2 Å². The molecular weight excluding hydrogens is 412 g/mol. The number of hydrogen-bond acceptors (Lipinski definition) is 10. The molecule has 0 heterocycles. The van der Waals surface area contributed by atoms with Crippen LogP contribution >= 0.6 is 0 Å². The maximum atomic E-state index is 10.9. The van der Waals surface area contributed by atoms with Crippen molar-refractivity contribution >= 4 is 5.91 Å². The van der Waals surface area contributed by atoms with Gasteiger partial charge in [0, 0.05) is 13.7 Å². The predicted octanol–water partition coefficient (Wildman–Crippen LogP) is -0.568. The lowest BCUT2D eigenvalue weighted by molar-refractivity contribution is -0.120. The van der Waals surface area contributed by atoms with Crippen molar-refractivity contribution in [3.8, 4) is 0 Å². The average Bonchev–Trinajstić information content (AvgIpc) is 2.78. The third kappa shape index (κ3) is 27.1. The Hall–Kier alpha value is -0.890. The molecule has 11 nitrogen and oxygen atoms in total. The van der Waals surface area contributed by atoms with Crippen molar-refractivity contribution in [1.29, 1.82) is 0 Å². The first-order chi connectivity index (χ1) is 15.3. The normalized spacial score (nSPS) is 11.2. The van der Waals surface area contributed by atoms with E-state index < -0.39 is 0 Å². The summed E-state index contributed by atoms with van der Waals surface area (Å²) < 4.78 is 42.7. The molecule has 0 aliphatic carbocycles. The van der Waals surface area contributed by atoms with E-state index in [0.717, 1.165) is 0 Å². The summed E-state index contributed by atoms with van der Waals surface area (Å²) in [6.07, 6.45) is 0. The number of ether oxygens (including phenoxy) is 8. The van der Waals surface area contributed by atoms with E-state index in [9.17, 15) is 4.79 Å². The molecule has 0 spiro atoms. The van der Waals surface area contributed by atoms with E-state index in [2.05, 4.69) is 10.6 Å². The first kappa shape index (κ1) is 30.1. The van der Waals surface area contributed by atoms with E-state index in [4.69, 9.17) is 37.9 Å². The van der Waals surface area contributed by atoms with Crippen LogP contribution in [0.1, 0.15) is 6.92 Å². The fraction of sp³-hybridized carbons (Fsp3) is 0.950. The van der Waals surface area contributed by atoms with E-state index in [-0.39, 0.29) is 12.5 Å². The Morgan fingerprint density at radius 3 is 1.19 bits per heavy atom. The highest BCUT2D eigenvalue weighted by molar-refractivity contribution is 5.77. The second kappa shape index (κ2) is 27.1. The largest absolute Gasteiger partial charge is 0.379 e. The van der Waals surface area contributed by atoms with E-state index in [1.165, 1.54) is 0 Å². The van der Waals surface area contributed by atoms with Gasteiger partial charge in [-0.2, -0.15) is 0 Å². The van der Waals surface area contributed by atoms with Crippen LogP contribution in [0.25, 0.3) is 0 Å². The summed E-state index contributed by atoms with van der Waals surface area (Å²) in [6, 6.07) is 0. The molecule has 0 unspecified atom stereocenters. The van der Waals surface area contributed by atoms with Crippen LogP contribution in [0.15, 0.2) is 0 Å². The highest BCUT2D eigenvalue weighted by atomic mass is 16.6. The SMILES string of the molecule is CCOCCOCCOCCOCCOCCOCCOCCOCNCC(=O)NC. The number of carbonyl (C=O) groups excluding carboxylic acids is 1. The molecule has 1 amide bonds. The van der Waals surface area contributed by atoms with Crippen LogP contribution < -0.4 is 10.6 Å². The minimum Gasteiger partial charge on any atom is -0.379 e. The molecule has 0 aromatic heterocycles. The molecule has 0 saturated heterocycles. The summed E-state index contributed by atoms with van der Waals surface area (Å²) in [5.74, 6) is -0.0788. The van der Waals surface area contributed by atoms with Crippen LogP contribution in [0.5, 0.6) is 0 Å². The van der Waals surface area contributed by atoms with E-state index >= 15 is 0 Å². The zero-order valence-electron chi connectivity index (χ0n) is 19.2. The van der Waals surface area contributed by atoms with Crippen LogP contribution in [-0.4, -0.2) is 125 Å². The van der Waals surface area contributed by atoms with Gasteiger partial charge >= 0.3 is 0 Å². The number of hydrogen-bond donors (Lipinski definition) is 2. The summed E-state index contributed by atoms with van der Waals surface area (Å²) in [5.41, 5.74) is 0. The second-order valence-electron chi connectivity index (χ2n) is 6.02. The summed E-state index contributed by atoms with van der Waals surface area (Å²) in [6.45, 7) is 10.6. The summed E-state index contributed by atoms with van der Waals surface area (Å²) in [4.78, 5) is 10.9. The number of likely N-dealkylation sites (N-methyl/N-ethyl adjacent to an activating group) is 1. The Labute approximate surface area is 186 Å². The zero-order valence-corrected chi connectivity index (χ0v) is 19.2. The van der Waals surface area contributed by atoms with Crippen molar-refractivity contribution in [3.63, 3.8) is 0 Å². The summed E-state index contributed by atoms with van der Waals surface area (Å²) in [7, 11) is 1.59. The molecule has 0 radical (unpaired) electrons. The minimum atomic E-state index is -0.0788. The number of rotatable bonds is 26. The Bertz CT molecular complexity index is 366. The molecule has 0 aliphatic rings. The van der Waals surface area contributed by atoms with Crippen molar-refractivity contribution in [1.82, 2.24) is 10.6 Å². The van der Waals surface area contributed by atoms with Gasteiger partial charge in [0.2, 0.25) is 5.91 Å². The molecule has 0 aliphatic heterocycles. The smallest absolute Gasteiger partial charge is 0.233 e. The molecule has 0 rings (SSSR count). The van der Waals surface area contributed by atoms with Crippen LogP contribution in [0, 0.1) is 0 Å². The molecule has 31 heavy (non-hydrogen) atoms.